The number of H-pyrrole nitrogens is 1. The minimum atomic E-state index is -3.26. The van der Waals surface area contributed by atoms with Gasteiger partial charge >= 0.3 is 0 Å². The molecule has 0 saturated heterocycles. The molecule has 0 amide bonds. The van der Waals surface area contributed by atoms with Crippen molar-refractivity contribution in [2.24, 2.45) is 0 Å². The van der Waals surface area contributed by atoms with Gasteiger partial charge in [-0.15, -0.1) is 0 Å². The van der Waals surface area contributed by atoms with Crippen LogP contribution in [0, 0.1) is 0 Å². The SMILES string of the molecule is C=C(CCNS(=O)(=O)C(C)C)n1cnc2cnc3[nH]ccc3c21. The maximum absolute atomic E-state index is 11.8. The lowest BCUT2D eigenvalue weighted by atomic mass is 10.2. The van der Waals surface area contributed by atoms with Crippen molar-refractivity contribution in [3.05, 3.63) is 31.4 Å². The number of fused-ring (bicyclic) bond motifs is 3. The molecule has 0 aliphatic heterocycles. The Morgan fingerprint density at radius 2 is 2.22 bits per heavy atom. The van der Waals surface area contributed by atoms with Gasteiger partial charge in [-0.25, -0.2) is 23.1 Å². The summed E-state index contributed by atoms with van der Waals surface area (Å²) in [5.41, 5.74) is 3.26. The minimum Gasteiger partial charge on any atom is -0.346 e. The lowest BCUT2D eigenvalue weighted by Gasteiger charge is -2.12. The van der Waals surface area contributed by atoms with Gasteiger partial charge in [-0.05, 0) is 19.9 Å². The van der Waals surface area contributed by atoms with E-state index in [1.54, 1.807) is 26.4 Å². The van der Waals surface area contributed by atoms with Crippen LogP contribution in [0.5, 0.6) is 0 Å². The van der Waals surface area contributed by atoms with Gasteiger partial charge < -0.3 is 9.55 Å². The molecule has 3 aromatic rings. The zero-order valence-electron chi connectivity index (χ0n) is 13.1. The van der Waals surface area contributed by atoms with E-state index in [0.29, 0.717) is 13.0 Å². The molecule has 3 heterocycles. The second-order valence-electron chi connectivity index (χ2n) is 5.65. The van der Waals surface area contributed by atoms with Crippen molar-refractivity contribution in [1.82, 2.24) is 24.2 Å². The monoisotopic (exact) mass is 333 g/mol. The fraction of sp³-hybridized carbons (Fsp3) is 0.333. The Labute approximate surface area is 134 Å². The van der Waals surface area contributed by atoms with Gasteiger partial charge in [-0.1, -0.05) is 6.58 Å². The highest BCUT2D eigenvalue weighted by atomic mass is 32.2. The van der Waals surface area contributed by atoms with E-state index in [0.717, 1.165) is 27.8 Å². The zero-order valence-corrected chi connectivity index (χ0v) is 13.9. The highest BCUT2D eigenvalue weighted by Gasteiger charge is 2.15. The summed E-state index contributed by atoms with van der Waals surface area (Å²) in [5, 5.41) is 0.513. The van der Waals surface area contributed by atoms with Gasteiger partial charge in [-0.2, -0.15) is 0 Å². The lowest BCUT2D eigenvalue weighted by Crippen LogP contribution is -2.31. The molecule has 2 N–H and O–H groups in total. The standard InChI is InChI=1S/C15H19N5O2S/c1-10(2)23(21,22)19-7-4-11(3)20-9-18-13-8-17-15-12(14(13)20)5-6-16-15/h5-6,8-10,19H,3-4,7H2,1-2H3,(H,16,17). The number of rotatable bonds is 6. The molecule has 23 heavy (non-hydrogen) atoms. The fourth-order valence-electron chi connectivity index (χ4n) is 2.37. The summed E-state index contributed by atoms with van der Waals surface area (Å²) < 4.78 is 28.0. The Balaban J connectivity index is 1.83. The van der Waals surface area contributed by atoms with E-state index in [-0.39, 0.29) is 0 Å². The third-order valence-electron chi connectivity index (χ3n) is 3.77. The summed E-state index contributed by atoms with van der Waals surface area (Å²) in [5.74, 6) is 0. The highest BCUT2D eigenvalue weighted by molar-refractivity contribution is 7.90. The van der Waals surface area contributed by atoms with Crippen molar-refractivity contribution >= 4 is 37.8 Å². The van der Waals surface area contributed by atoms with Crippen molar-refractivity contribution < 1.29 is 8.42 Å². The first-order valence-corrected chi connectivity index (χ1v) is 8.90. The third-order valence-corrected chi connectivity index (χ3v) is 5.62. The smallest absolute Gasteiger partial charge is 0.213 e. The molecule has 0 fully saturated rings. The molecule has 122 valence electrons. The molecule has 0 spiro atoms. The highest BCUT2D eigenvalue weighted by Crippen LogP contribution is 2.24. The summed E-state index contributed by atoms with van der Waals surface area (Å²) in [7, 11) is -3.26. The van der Waals surface area contributed by atoms with Crippen LogP contribution in [0.1, 0.15) is 20.3 Å². The van der Waals surface area contributed by atoms with Crippen molar-refractivity contribution in [1.29, 1.82) is 0 Å². The second-order valence-corrected chi connectivity index (χ2v) is 7.97. The van der Waals surface area contributed by atoms with Crippen molar-refractivity contribution in [3.8, 4) is 0 Å². The number of hydrogen-bond donors (Lipinski definition) is 2. The van der Waals surface area contributed by atoms with Crippen molar-refractivity contribution in [2.45, 2.75) is 25.5 Å². The molecule has 0 aliphatic rings. The number of aromatic nitrogens is 4. The second kappa shape index (κ2) is 5.78. The summed E-state index contributed by atoms with van der Waals surface area (Å²) in [6.45, 7) is 7.66. The number of nitrogens with zero attached hydrogens (tertiary/aromatic N) is 3. The maximum atomic E-state index is 11.8. The molecule has 0 bridgehead atoms. The number of sulfonamides is 1. The molecular weight excluding hydrogens is 314 g/mol. The molecule has 7 nitrogen and oxygen atoms in total. The first-order valence-electron chi connectivity index (χ1n) is 7.36. The number of hydrogen-bond acceptors (Lipinski definition) is 4. The summed E-state index contributed by atoms with van der Waals surface area (Å²) >= 11 is 0. The van der Waals surface area contributed by atoms with Crippen LogP contribution in [0.15, 0.2) is 31.4 Å². The predicted octanol–water partition coefficient (Wildman–Crippen LogP) is 2.10. The van der Waals surface area contributed by atoms with Crippen LogP contribution in [0.3, 0.4) is 0 Å². The van der Waals surface area contributed by atoms with Gasteiger partial charge in [0.05, 0.1) is 17.0 Å². The van der Waals surface area contributed by atoms with Crippen LogP contribution in [-0.2, 0) is 10.0 Å². The van der Waals surface area contributed by atoms with E-state index in [1.807, 2.05) is 16.8 Å². The van der Waals surface area contributed by atoms with Gasteiger partial charge in [0, 0.05) is 30.2 Å². The Morgan fingerprint density at radius 1 is 1.43 bits per heavy atom. The van der Waals surface area contributed by atoms with Crippen LogP contribution in [-0.4, -0.2) is 39.7 Å². The molecular formula is C15H19N5O2S. The van der Waals surface area contributed by atoms with Crippen LogP contribution in [0.4, 0.5) is 0 Å². The molecule has 0 aromatic carbocycles. The molecule has 0 saturated carbocycles. The summed E-state index contributed by atoms with van der Waals surface area (Å²) in [4.78, 5) is 11.7. The van der Waals surface area contributed by atoms with E-state index in [2.05, 4.69) is 26.3 Å². The summed E-state index contributed by atoms with van der Waals surface area (Å²) in [6.07, 6.45) is 5.72. The van der Waals surface area contributed by atoms with Gasteiger partial charge in [0.25, 0.3) is 0 Å². The predicted molar refractivity (Wildman–Crippen MR) is 91.4 cm³/mol. The van der Waals surface area contributed by atoms with Gasteiger partial charge in [0.2, 0.25) is 10.0 Å². The van der Waals surface area contributed by atoms with E-state index in [9.17, 15) is 8.42 Å². The normalized spacial score (nSPS) is 12.5. The molecule has 3 rings (SSSR count). The molecule has 0 aliphatic carbocycles. The third kappa shape index (κ3) is 2.87. The molecule has 0 atom stereocenters. The fourth-order valence-corrected chi connectivity index (χ4v) is 3.09. The average molecular weight is 333 g/mol. The van der Waals surface area contributed by atoms with Gasteiger partial charge in [-0.3, -0.25) is 0 Å². The number of imidazole rings is 1. The van der Waals surface area contributed by atoms with Gasteiger partial charge in [0.15, 0.2) is 0 Å². The maximum Gasteiger partial charge on any atom is 0.213 e. The quantitative estimate of drug-likeness (QED) is 0.722. The lowest BCUT2D eigenvalue weighted by molar-refractivity contribution is 0.573. The topological polar surface area (TPSA) is 92.7 Å². The summed E-state index contributed by atoms with van der Waals surface area (Å²) in [6, 6.07) is 1.94. The first kappa shape index (κ1) is 15.7. The van der Waals surface area contributed by atoms with E-state index >= 15 is 0 Å². The number of aromatic amines is 1. The molecule has 8 heteroatoms. The Kier molecular flexibility index (Phi) is 3.95. The Hall–Kier alpha value is -2.19. The zero-order chi connectivity index (χ0) is 16.6. The Bertz CT molecular complexity index is 968. The van der Waals surface area contributed by atoms with E-state index in [1.165, 1.54) is 0 Å². The van der Waals surface area contributed by atoms with Crippen LogP contribution >= 0.6 is 0 Å². The Morgan fingerprint density at radius 3 is 2.96 bits per heavy atom. The van der Waals surface area contributed by atoms with Gasteiger partial charge in [0.1, 0.15) is 17.5 Å². The van der Waals surface area contributed by atoms with E-state index < -0.39 is 15.3 Å². The first-order chi connectivity index (χ1) is 10.9. The number of nitrogens with one attached hydrogen (secondary N) is 2. The minimum absolute atomic E-state index is 0.306. The van der Waals surface area contributed by atoms with Crippen molar-refractivity contribution in [2.75, 3.05) is 6.54 Å². The number of pyridine rings is 1. The molecule has 0 unspecified atom stereocenters. The van der Waals surface area contributed by atoms with Crippen molar-refractivity contribution in [3.63, 3.8) is 0 Å². The largest absolute Gasteiger partial charge is 0.346 e. The van der Waals surface area contributed by atoms with Crippen LogP contribution < -0.4 is 4.72 Å². The van der Waals surface area contributed by atoms with E-state index in [4.69, 9.17) is 0 Å². The average Bonchev–Trinajstić information content (AvgIpc) is 3.12. The van der Waals surface area contributed by atoms with Crippen LogP contribution in [0.25, 0.3) is 27.8 Å². The molecule has 0 radical (unpaired) electrons. The molecule has 3 aromatic heterocycles. The van der Waals surface area contributed by atoms with Crippen LogP contribution in [0.2, 0.25) is 0 Å².